The molecule has 1 atom stereocenters. The summed E-state index contributed by atoms with van der Waals surface area (Å²) in [5.41, 5.74) is 8.66. The number of rotatable bonds is 3. The number of amides is 1. The van der Waals surface area contributed by atoms with E-state index in [0.29, 0.717) is 6.54 Å². The van der Waals surface area contributed by atoms with Gasteiger partial charge in [0.1, 0.15) is 5.82 Å². The monoisotopic (exact) mass is 438 g/mol. The summed E-state index contributed by atoms with van der Waals surface area (Å²) in [6, 6.07) is 14.5. The average Bonchev–Trinajstić information content (AvgIpc) is 3.11. The van der Waals surface area contributed by atoms with Crippen molar-refractivity contribution in [2.75, 3.05) is 13.1 Å². The van der Waals surface area contributed by atoms with E-state index in [2.05, 4.69) is 55.0 Å². The zero-order valence-electron chi connectivity index (χ0n) is 19.8. The lowest BCUT2D eigenvalue weighted by Gasteiger charge is -2.33. The molecule has 3 heterocycles. The quantitative estimate of drug-likeness (QED) is 0.435. The Bertz CT molecular complexity index is 1350. The minimum Gasteiger partial charge on any atom is -0.358 e. The lowest BCUT2D eigenvalue weighted by molar-refractivity contribution is 0.0706. The molecule has 0 aliphatic carbocycles. The molecule has 2 aromatic heterocycles. The van der Waals surface area contributed by atoms with Gasteiger partial charge in [-0.25, -0.2) is 9.97 Å². The Hall–Kier alpha value is -3.47. The smallest absolute Gasteiger partial charge is 0.253 e. The van der Waals surface area contributed by atoms with Crippen molar-refractivity contribution < 1.29 is 4.79 Å². The zero-order valence-corrected chi connectivity index (χ0v) is 19.8. The molecule has 0 bridgehead atoms. The van der Waals surface area contributed by atoms with Crippen molar-refractivity contribution in [1.29, 1.82) is 0 Å². The molecule has 0 radical (unpaired) electrons. The van der Waals surface area contributed by atoms with Gasteiger partial charge in [-0.05, 0) is 69.9 Å². The van der Waals surface area contributed by atoms with Crippen LogP contribution in [-0.4, -0.2) is 38.8 Å². The molecule has 1 unspecified atom stereocenters. The molecule has 33 heavy (non-hydrogen) atoms. The molecule has 1 aliphatic rings. The fraction of sp³-hybridized carbons (Fsp3) is 0.321. The van der Waals surface area contributed by atoms with E-state index in [1.807, 2.05) is 36.2 Å². The summed E-state index contributed by atoms with van der Waals surface area (Å²) in [4.78, 5) is 28.2. The predicted octanol–water partition coefficient (Wildman–Crippen LogP) is 5.88. The van der Waals surface area contributed by atoms with Gasteiger partial charge in [0.2, 0.25) is 0 Å². The number of likely N-dealkylation sites (tertiary alicyclic amines) is 1. The van der Waals surface area contributed by atoms with Crippen LogP contribution in [0.4, 0.5) is 0 Å². The van der Waals surface area contributed by atoms with Gasteiger partial charge in [0.15, 0.2) is 0 Å². The number of aromatic amines is 1. The number of carbonyl (C=O) groups is 1. The molecule has 1 N–H and O–H groups in total. The summed E-state index contributed by atoms with van der Waals surface area (Å²) < 4.78 is 0. The van der Waals surface area contributed by atoms with Crippen molar-refractivity contribution in [3.8, 4) is 11.1 Å². The fourth-order valence-corrected chi connectivity index (χ4v) is 5.00. The third-order valence-corrected chi connectivity index (χ3v) is 6.92. The van der Waals surface area contributed by atoms with Crippen LogP contribution in [-0.2, 0) is 0 Å². The molecule has 1 fully saturated rings. The van der Waals surface area contributed by atoms with E-state index in [9.17, 15) is 4.79 Å². The number of aryl methyl sites for hydroxylation is 4. The maximum atomic E-state index is 13.5. The molecule has 1 saturated heterocycles. The highest BCUT2D eigenvalue weighted by atomic mass is 16.2. The third kappa shape index (κ3) is 4.04. The van der Waals surface area contributed by atoms with Crippen LogP contribution in [0.3, 0.4) is 0 Å². The van der Waals surface area contributed by atoms with Crippen LogP contribution in [0.25, 0.3) is 22.0 Å². The molecule has 4 aromatic rings. The molecule has 1 aliphatic heterocycles. The van der Waals surface area contributed by atoms with Gasteiger partial charge in [0.25, 0.3) is 5.91 Å². The third-order valence-electron chi connectivity index (χ3n) is 6.92. The van der Waals surface area contributed by atoms with Gasteiger partial charge in [0, 0.05) is 52.9 Å². The van der Waals surface area contributed by atoms with Gasteiger partial charge in [-0.3, -0.25) is 4.79 Å². The number of hydrogen-bond donors (Lipinski definition) is 1. The minimum atomic E-state index is 0.0998. The summed E-state index contributed by atoms with van der Waals surface area (Å²) in [5, 5.41) is 1.13. The molecule has 5 rings (SSSR count). The molecule has 2 aromatic carbocycles. The summed E-state index contributed by atoms with van der Waals surface area (Å²) in [5.74, 6) is 1.07. The van der Waals surface area contributed by atoms with Crippen LogP contribution in [0.5, 0.6) is 0 Å². The van der Waals surface area contributed by atoms with E-state index >= 15 is 0 Å². The first-order valence-corrected chi connectivity index (χ1v) is 11.7. The van der Waals surface area contributed by atoms with Crippen molar-refractivity contribution >= 4 is 16.8 Å². The Morgan fingerprint density at radius 2 is 1.94 bits per heavy atom. The molecule has 0 saturated carbocycles. The second-order valence-electron chi connectivity index (χ2n) is 9.31. The van der Waals surface area contributed by atoms with Crippen molar-refractivity contribution in [3.05, 3.63) is 82.6 Å². The highest BCUT2D eigenvalue weighted by molar-refractivity contribution is 5.99. The maximum Gasteiger partial charge on any atom is 0.253 e. The van der Waals surface area contributed by atoms with Crippen LogP contribution in [0.2, 0.25) is 0 Å². The molecular weight excluding hydrogens is 408 g/mol. The highest BCUT2D eigenvalue weighted by Gasteiger charge is 2.28. The first-order valence-electron chi connectivity index (χ1n) is 11.7. The lowest BCUT2D eigenvalue weighted by atomic mass is 9.89. The second kappa shape index (κ2) is 8.47. The van der Waals surface area contributed by atoms with E-state index in [4.69, 9.17) is 4.98 Å². The van der Waals surface area contributed by atoms with Crippen LogP contribution >= 0.6 is 0 Å². The topological polar surface area (TPSA) is 61.9 Å². The highest BCUT2D eigenvalue weighted by Crippen LogP contribution is 2.34. The van der Waals surface area contributed by atoms with Crippen LogP contribution in [0.15, 0.2) is 48.7 Å². The zero-order chi connectivity index (χ0) is 23.1. The maximum absolute atomic E-state index is 13.5. The number of carbonyl (C=O) groups excluding carboxylic acids is 1. The van der Waals surface area contributed by atoms with Gasteiger partial charge >= 0.3 is 0 Å². The summed E-state index contributed by atoms with van der Waals surface area (Å²) in [6.07, 6.45) is 3.93. The van der Waals surface area contributed by atoms with Gasteiger partial charge in [-0.15, -0.1) is 0 Å². The lowest BCUT2D eigenvalue weighted by Crippen LogP contribution is -2.39. The molecule has 5 heteroatoms. The van der Waals surface area contributed by atoms with E-state index in [-0.39, 0.29) is 11.8 Å². The van der Waals surface area contributed by atoms with Crippen molar-refractivity contribution in [1.82, 2.24) is 19.9 Å². The Morgan fingerprint density at radius 1 is 1.09 bits per heavy atom. The second-order valence-corrected chi connectivity index (χ2v) is 9.31. The first kappa shape index (κ1) is 21.4. The Balaban J connectivity index is 1.45. The first-order chi connectivity index (χ1) is 15.9. The predicted molar refractivity (Wildman–Crippen MR) is 133 cm³/mol. The van der Waals surface area contributed by atoms with E-state index in [0.717, 1.165) is 64.2 Å². The number of nitrogens with zero attached hydrogens (tertiary/aromatic N) is 3. The molecule has 168 valence electrons. The number of aromatic nitrogens is 3. The fourth-order valence-electron chi connectivity index (χ4n) is 5.00. The number of benzene rings is 2. The number of nitrogens with one attached hydrogen (secondary N) is 1. The van der Waals surface area contributed by atoms with E-state index in [1.165, 1.54) is 11.1 Å². The molecular formula is C28H30N4O. The number of H-pyrrole nitrogens is 1. The van der Waals surface area contributed by atoms with Gasteiger partial charge in [-0.1, -0.05) is 29.8 Å². The van der Waals surface area contributed by atoms with Crippen molar-refractivity contribution in [2.45, 2.75) is 46.5 Å². The molecule has 1 amide bonds. The van der Waals surface area contributed by atoms with Gasteiger partial charge in [-0.2, -0.15) is 0 Å². The number of fused-ring (bicyclic) bond motifs is 1. The molecule has 5 nitrogen and oxygen atoms in total. The van der Waals surface area contributed by atoms with Gasteiger partial charge in [0.05, 0.1) is 5.69 Å². The Kier molecular flexibility index (Phi) is 5.49. The van der Waals surface area contributed by atoms with Gasteiger partial charge < -0.3 is 9.88 Å². The summed E-state index contributed by atoms with van der Waals surface area (Å²) in [6.45, 7) is 9.67. The molecule has 0 spiro atoms. The van der Waals surface area contributed by atoms with Crippen LogP contribution < -0.4 is 0 Å². The van der Waals surface area contributed by atoms with Crippen LogP contribution in [0.1, 0.15) is 57.5 Å². The van der Waals surface area contributed by atoms with Crippen molar-refractivity contribution in [3.63, 3.8) is 0 Å². The Morgan fingerprint density at radius 3 is 2.76 bits per heavy atom. The normalized spacial score (nSPS) is 16.4. The largest absolute Gasteiger partial charge is 0.358 e. The van der Waals surface area contributed by atoms with Crippen molar-refractivity contribution in [2.24, 2.45) is 0 Å². The van der Waals surface area contributed by atoms with Crippen LogP contribution in [0, 0.1) is 27.7 Å². The van der Waals surface area contributed by atoms with E-state index < -0.39 is 0 Å². The standard InChI is InChI=1S/C28H30N4O/c1-17-7-5-8-21(13-17)25-15-29-20(4)31-27(25)23-9-6-12-32(16-23)28(33)22-10-11-26-24(14-22)18(2)19(3)30-26/h5,7-8,10-11,13-15,23,30H,6,9,12,16H2,1-4H3. The van der Waals surface area contributed by atoms with E-state index in [1.54, 1.807) is 0 Å². The number of hydrogen-bond acceptors (Lipinski definition) is 3. The summed E-state index contributed by atoms with van der Waals surface area (Å²) in [7, 11) is 0. The number of piperidine rings is 1. The average molecular weight is 439 g/mol. The minimum absolute atomic E-state index is 0.0998. The summed E-state index contributed by atoms with van der Waals surface area (Å²) >= 11 is 0. The SMILES string of the molecule is Cc1cccc(-c2cnc(C)nc2C2CCCN(C(=O)c3ccc4[nH]c(C)c(C)c4c3)C2)c1. The Labute approximate surface area is 194 Å².